The highest BCUT2D eigenvalue weighted by Gasteiger charge is 2.22. The fraction of sp³-hybridized carbons (Fsp3) is 0.588. The molecule has 2 nitrogen and oxygen atoms in total. The monoisotopic (exact) mass is 339 g/mol. The van der Waals surface area contributed by atoms with Gasteiger partial charge in [-0.25, -0.2) is 0 Å². The van der Waals surface area contributed by atoms with Crippen molar-refractivity contribution in [2.24, 2.45) is 5.41 Å². The van der Waals surface area contributed by atoms with Crippen LogP contribution in [0.2, 0.25) is 0 Å². The average Bonchev–Trinajstić information content (AvgIpc) is 2.45. The van der Waals surface area contributed by atoms with Crippen molar-refractivity contribution in [1.29, 1.82) is 0 Å². The third-order valence-corrected chi connectivity index (χ3v) is 4.22. The summed E-state index contributed by atoms with van der Waals surface area (Å²) >= 11 is 3.46. The molecular weight excluding hydrogens is 314 g/mol. The normalized spacial score (nSPS) is 13.0. The zero-order valence-corrected chi connectivity index (χ0v) is 14.4. The van der Waals surface area contributed by atoms with Crippen molar-refractivity contribution in [3.63, 3.8) is 0 Å². The molecule has 0 fully saturated rings. The summed E-state index contributed by atoms with van der Waals surface area (Å²) in [6.07, 6.45) is 3.08. The lowest BCUT2D eigenvalue weighted by molar-refractivity contribution is -0.123. The quantitative estimate of drug-likeness (QED) is 0.694. The van der Waals surface area contributed by atoms with E-state index in [9.17, 15) is 4.79 Å². The van der Waals surface area contributed by atoms with Gasteiger partial charge in [0.25, 0.3) is 0 Å². The SMILES string of the molecule is CCC(C(=O)NCC(C)(C)CCCBr)c1ccccc1. The van der Waals surface area contributed by atoms with Crippen LogP contribution in [-0.4, -0.2) is 17.8 Å². The van der Waals surface area contributed by atoms with E-state index < -0.39 is 0 Å². The van der Waals surface area contributed by atoms with Gasteiger partial charge in [-0.15, -0.1) is 0 Å². The largest absolute Gasteiger partial charge is 0.355 e. The Kier molecular flexibility index (Phi) is 7.28. The minimum atomic E-state index is -0.0387. The van der Waals surface area contributed by atoms with Crippen LogP contribution < -0.4 is 5.32 Å². The highest BCUT2D eigenvalue weighted by molar-refractivity contribution is 9.09. The Hall–Kier alpha value is -0.830. The van der Waals surface area contributed by atoms with Crippen LogP contribution in [0.15, 0.2) is 30.3 Å². The third-order valence-electron chi connectivity index (χ3n) is 3.66. The molecule has 0 radical (unpaired) electrons. The number of carbonyl (C=O) groups excluding carboxylic acids is 1. The molecule has 1 amide bonds. The minimum absolute atomic E-state index is 0.0387. The second-order valence-corrected chi connectivity index (χ2v) is 6.84. The molecule has 0 aliphatic heterocycles. The second kappa shape index (κ2) is 8.46. The van der Waals surface area contributed by atoms with Crippen molar-refractivity contribution in [2.45, 2.75) is 46.0 Å². The molecule has 112 valence electrons. The van der Waals surface area contributed by atoms with Crippen LogP contribution in [0.25, 0.3) is 0 Å². The van der Waals surface area contributed by atoms with Gasteiger partial charge in [-0.1, -0.05) is 67.0 Å². The molecule has 0 spiro atoms. The predicted molar refractivity (Wildman–Crippen MR) is 89.3 cm³/mol. The van der Waals surface area contributed by atoms with Crippen LogP contribution in [0.1, 0.15) is 51.5 Å². The summed E-state index contributed by atoms with van der Waals surface area (Å²) in [5.41, 5.74) is 1.25. The molecule has 0 saturated carbocycles. The number of nitrogens with one attached hydrogen (secondary N) is 1. The first-order chi connectivity index (χ1) is 9.50. The van der Waals surface area contributed by atoms with Crippen molar-refractivity contribution >= 4 is 21.8 Å². The first kappa shape index (κ1) is 17.2. The van der Waals surface area contributed by atoms with Crippen LogP contribution in [0.4, 0.5) is 0 Å². The highest BCUT2D eigenvalue weighted by atomic mass is 79.9. The van der Waals surface area contributed by atoms with Gasteiger partial charge in [0.2, 0.25) is 5.91 Å². The smallest absolute Gasteiger partial charge is 0.227 e. The Morgan fingerprint density at radius 2 is 1.95 bits per heavy atom. The van der Waals surface area contributed by atoms with E-state index in [-0.39, 0.29) is 17.2 Å². The number of hydrogen-bond donors (Lipinski definition) is 1. The van der Waals surface area contributed by atoms with Crippen molar-refractivity contribution in [2.75, 3.05) is 11.9 Å². The lowest BCUT2D eigenvalue weighted by Crippen LogP contribution is -2.36. The number of rotatable bonds is 8. The fourth-order valence-corrected chi connectivity index (χ4v) is 2.62. The molecule has 1 N–H and O–H groups in total. The highest BCUT2D eigenvalue weighted by Crippen LogP contribution is 2.23. The second-order valence-electron chi connectivity index (χ2n) is 6.05. The van der Waals surface area contributed by atoms with Gasteiger partial charge in [-0.05, 0) is 30.2 Å². The zero-order chi connectivity index (χ0) is 15.0. The predicted octanol–water partition coefficient (Wildman–Crippen LogP) is 4.50. The van der Waals surface area contributed by atoms with E-state index in [4.69, 9.17) is 0 Å². The van der Waals surface area contributed by atoms with Crippen LogP contribution in [-0.2, 0) is 4.79 Å². The molecule has 20 heavy (non-hydrogen) atoms. The summed E-state index contributed by atoms with van der Waals surface area (Å²) in [5.74, 6) is 0.105. The van der Waals surface area contributed by atoms with Gasteiger partial charge >= 0.3 is 0 Å². The summed E-state index contributed by atoms with van der Waals surface area (Å²) in [4.78, 5) is 12.4. The van der Waals surface area contributed by atoms with E-state index in [1.807, 2.05) is 30.3 Å². The molecule has 1 aromatic rings. The molecule has 0 heterocycles. The summed E-state index contributed by atoms with van der Waals surface area (Å²) in [5, 5.41) is 4.15. The van der Waals surface area contributed by atoms with E-state index in [2.05, 4.69) is 42.0 Å². The molecule has 0 aliphatic carbocycles. The van der Waals surface area contributed by atoms with E-state index in [1.165, 1.54) is 0 Å². The molecular formula is C17H26BrNO. The summed E-state index contributed by atoms with van der Waals surface area (Å²) in [6, 6.07) is 10.0. The Bertz CT molecular complexity index is 403. The molecule has 1 aromatic carbocycles. The topological polar surface area (TPSA) is 29.1 Å². The van der Waals surface area contributed by atoms with Gasteiger partial charge in [0, 0.05) is 11.9 Å². The molecule has 3 heteroatoms. The molecule has 0 bridgehead atoms. The number of alkyl halides is 1. The number of benzene rings is 1. The summed E-state index contributed by atoms with van der Waals surface area (Å²) < 4.78 is 0. The molecule has 1 unspecified atom stereocenters. The zero-order valence-electron chi connectivity index (χ0n) is 12.8. The minimum Gasteiger partial charge on any atom is -0.355 e. The molecule has 0 saturated heterocycles. The van der Waals surface area contributed by atoms with Crippen LogP contribution in [0, 0.1) is 5.41 Å². The van der Waals surface area contributed by atoms with Gasteiger partial charge in [0.15, 0.2) is 0 Å². The van der Waals surface area contributed by atoms with Gasteiger partial charge in [-0.3, -0.25) is 4.79 Å². The Balaban J connectivity index is 2.56. The van der Waals surface area contributed by atoms with Crippen molar-refractivity contribution in [1.82, 2.24) is 5.32 Å². The Morgan fingerprint density at radius 1 is 1.30 bits per heavy atom. The van der Waals surface area contributed by atoms with Crippen molar-refractivity contribution in [3.05, 3.63) is 35.9 Å². The molecule has 1 rings (SSSR count). The van der Waals surface area contributed by atoms with Crippen LogP contribution in [0.5, 0.6) is 0 Å². The molecule has 1 atom stereocenters. The fourth-order valence-electron chi connectivity index (χ4n) is 2.34. The number of hydrogen-bond acceptors (Lipinski definition) is 1. The van der Waals surface area contributed by atoms with Gasteiger partial charge < -0.3 is 5.32 Å². The maximum atomic E-state index is 12.4. The summed E-state index contributed by atoms with van der Waals surface area (Å²) in [6.45, 7) is 7.22. The van der Waals surface area contributed by atoms with E-state index in [0.29, 0.717) is 0 Å². The van der Waals surface area contributed by atoms with Crippen LogP contribution >= 0.6 is 15.9 Å². The van der Waals surface area contributed by atoms with E-state index >= 15 is 0 Å². The van der Waals surface area contributed by atoms with E-state index in [0.717, 1.165) is 36.7 Å². The number of halogens is 1. The summed E-state index contributed by atoms with van der Waals surface area (Å²) in [7, 11) is 0. The Morgan fingerprint density at radius 3 is 2.50 bits per heavy atom. The number of carbonyl (C=O) groups is 1. The standard InChI is InChI=1S/C17H26BrNO/c1-4-15(14-9-6-5-7-10-14)16(20)19-13-17(2,3)11-8-12-18/h5-7,9-10,15H,4,8,11-13H2,1-3H3,(H,19,20). The lowest BCUT2D eigenvalue weighted by Gasteiger charge is -2.26. The molecule has 0 aromatic heterocycles. The van der Waals surface area contributed by atoms with Crippen molar-refractivity contribution < 1.29 is 4.79 Å². The van der Waals surface area contributed by atoms with Crippen LogP contribution in [0.3, 0.4) is 0 Å². The lowest BCUT2D eigenvalue weighted by atomic mass is 9.87. The maximum Gasteiger partial charge on any atom is 0.227 e. The Labute approximate surface area is 131 Å². The van der Waals surface area contributed by atoms with Gasteiger partial charge in [0.05, 0.1) is 5.92 Å². The van der Waals surface area contributed by atoms with Crippen molar-refractivity contribution in [3.8, 4) is 0 Å². The third kappa shape index (κ3) is 5.66. The maximum absolute atomic E-state index is 12.4. The van der Waals surface area contributed by atoms with Gasteiger partial charge in [-0.2, -0.15) is 0 Å². The number of amides is 1. The van der Waals surface area contributed by atoms with Gasteiger partial charge in [0.1, 0.15) is 0 Å². The molecule has 0 aliphatic rings. The first-order valence-corrected chi connectivity index (χ1v) is 8.51. The van der Waals surface area contributed by atoms with E-state index in [1.54, 1.807) is 0 Å². The average molecular weight is 340 g/mol. The first-order valence-electron chi connectivity index (χ1n) is 7.39.